The number of halogens is 3. The molecule has 2 heterocycles. The maximum atomic E-state index is 6.10. The van der Waals surface area contributed by atoms with Gasteiger partial charge in [0, 0.05) is 11.5 Å². The van der Waals surface area contributed by atoms with Crippen LogP contribution in [0.15, 0.2) is 42.7 Å². The van der Waals surface area contributed by atoms with Crippen LogP contribution in [0.4, 0.5) is 0 Å². The number of ether oxygens (including phenoxy) is 1. The monoisotopic (exact) mass is 378 g/mol. The standard InChI is InChI=1S/C16H9Cl3N4O/c17-10-5-12(19)14(6-11(10)18)24-7-15-21-16-9-3-1-2-4-13(9)20-8-23(16)22-15/h1-6,8H,7H2. The molecule has 0 saturated heterocycles. The Hall–Kier alpha value is -2.08. The Morgan fingerprint density at radius 1 is 1.00 bits per heavy atom. The van der Waals surface area contributed by atoms with E-state index in [0.717, 1.165) is 16.6 Å². The number of nitrogens with zero attached hydrogens (tertiary/aromatic N) is 4. The molecule has 0 N–H and O–H groups in total. The van der Waals surface area contributed by atoms with Gasteiger partial charge >= 0.3 is 0 Å². The van der Waals surface area contributed by atoms with Crippen LogP contribution in [-0.4, -0.2) is 19.6 Å². The van der Waals surface area contributed by atoms with E-state index in [9.17, 15) is 0 Å². The smallest absolute Gasteiger partial charge is 0.189 e. The van der Waals surface area contributed by atoms with Gasteiger partial charge in [0.05, 0.1) is 20.6 Å². The maximum absolute atomic E-state index is 6.10. The van der Waals surface area contributed by atoms with E-state index in [4.69, 9.17) is 39.5 Å². The van der Waals surface area contributed by atoms with E-state index in [0.29, 0.717) is 26.6 Å². The van der Waals surface area contributed by atoms with Gasteiger partial charge in [-0.25, -0.2) is 14.5 Å². The second-order valence-corrected chi connectivity index (χ2v) is 6.26. The summed E-state index contributed by atoms with van der Waals surface area (Å²) < 4.78 is 7.29. The highest BCUT2D eigenvalue weighted by Gasteiger charge is 2.11. The molecule has 0 radical (unpaired) electrons. The lowest BCUT2D eigenvalue weighted by atomic mass is 10.2. The van der Waals surface area contributed by atoms with E-state index in [1.165, 1.54) is 6.07 Å². The van der Waals surface area contributed by atoms with Crippen LogP contribution in [0, 0.1) is 0 Å². The van der Waals surface area contributed by atoms with Gasteiger partial charge < -0.3 is 4.74 Å². The molecule has 0 unspecified atom stereocenters. The van der Waals surface area contributed by atoms with Crippen molar-refractivity contribution in [2.45, 2.75) is 6.61 Å². The molecule has 2 aromatic carbocycles. The number of para-hydroxylation sites is 1. The van der Waals surface area contributed by atoms with Crippen molar-refractivity contribution in [3.8, 4) is 5.75 Å². The minimum Gasteiger partial charge on any atom is -0.484 e. The first-order valence-electron chi connectivity index (χ1n) is 6.98. The summed E-state index contributed by atoms with van der Waals surface area (Å²) >= 11 is 18.0. The highest BCUT2D eigenvalue weighted by atomic mass is 35.5. The lowest BCUT2D eigenvalue weighted by Crippen LogP contribution is -1.99. The minimum atomic E-state index is 0.147. The van der Waals surface area contributed by atoms with Crippen molar-refractivity contribution < 1.29 is 4.74 Å². The van der Waals surface area contributed by atoms with Crippen LogP contribution in [-0.2, 0) is 6.61 Å². The van der Waals surface area contributed by atoms with Crippen LogP contribution in [0.2, 0.25) is 15.1 Å². The molecule has 0 aliphatic carbocycles. The first-order chi connectivity index (χ1) is 11.6. The van der Waals surface area contributed by atoms with Gasteiger partial charge in [0.2, 0.25) is 0 Å². The third-order valence-electron chi connectivity index (χ3n) is 3.46. The number of hydrogen-bond acceptors (Lipinski definition) is 4. The van der Waals surface area contributed by atoms with Crippen LogP contribution < -0.4 is 4.74 Å². The Bertz CT molecular complexity index is 1060. The van der Waals surface area contributed by atoms with Gasteiger partial charge in [0.15, 0.2) is 11.5 Å². The zero-order chi connectivity index (χ0) is 16.7. The van der Waals surface area contributed by atoms with Crippen molar-refractivity contribution in [1.29, 1.82) is 0 Å². The quantitative estimate of drug-likeness (QED) is 0.479. The molecular formula is C16H9Cl3N4O. The fourth-order valence-corrected chi connectivity index (χ4v) is 2.93. The Labute approximate surface area is 151 Å². The molecular weight excluding hydrogens is 371 g/mol. The van der Waals surface area contributed by atoms with Crippen molar-refractivity contribution in [1.82, 2.24) is 19.6 Å². The average Bonchev–Trinajstić information content (AvgIpc) is 3.00. The zero-order valence-corrected chi connectivity index (χ0v) is 14.3. The summed E-state index contributed by atoms with van der Waals surface area (Å²) in [6.45, 7) is 0.147. The third-order valence-corrected chi connectivity index (χ3v) is 4.48. The molecule has 0 atom stereocenters. The fourth-order valence-electron chi connectivity index (χ4n) is 2.34. The molecule has 0 spiro atoms. The Kier molecular flexibility index (Phi) is 3.92. The predicted octanol–water partition coefficient (Wildman–Crippen LogP) is 4.82. The summed E-state index contributed by atoms with van der Waals surface area (Å²) in [5, 5.41) is 6.40. The molecule has 120 valence electrons. The number of fused-ring (bicyclic) bond motifs is 3. The van der Waals surface area contributed by atoms with Crippen molar-refractivity contribution >= 4 is 51.4 Å². The largest absolute Gasteiger partial charge is 0.484 e. The van der Waals surface area contributed by atoms with Crippen LogP contribution in [0.3, 0.4) is 0 Å². The van der Waals surface area contributed by atoms with Gasteiger partial charge in [-0.15, -0.1) is 5.10 Å². The average molecular weight is 380 g/mol. The molecule has 4 rings (SSSR count). The first kappa shape index (κ1) is 15.4. The molecule has 0 aliphatic rings. The molecule has 5 nitrogen and oxygen atoms in total. The van der Waals surface area contributed by atoms with Crippen molar-refractivity contribution in [2.24, 2.45) is 0 Å². The molecule has 0 bridgehead atoms. The minimum absolute atomic E-state index is 0.147. The number of benzene rings is 2. The summed E-state index contributed by atoms with van der Waals surface area (Å²) in [4.78, 5) is 8.85. The fraction of sp³-hybridized carbons (Fsp3) is 0.0625. The zero-order valence-electron chi connectivity index (χ0n) is 12.1. The Morgan fingerprint density at radius 3 is 2.67 bits per heavy atom. The van der Waals surface area contributed by atoms with Gasteiger partial charge in [0.25, 0.3) is 0 Å². The highest BCUT2D eigenvalue weighted by molar-refractivity contribution is 6.43. The molecule has 8 heteroatoms. The molecule has 0 aliphatic heterocycles. The van der Waals surface area contributed by atoms with Crippen molar-refractivity contribution in [2.75, 3.05) is 0 Å². The first-order valence-corrected chi connectivity index (χ1v) is 8.11. The summed E-state index contributed by atoms with van der Waals surface area (Å²) in [6.07, 6.45) is 1.63. The Balaban J connectivity index is 1.66. The van der Waals surface area contributed by atoms with Crippen molar-refractivity contribution in [3.63, 3.8) is 0 Å². The van der Waals surface area contributed by atoms with Gasteiger partial charge in [0.1, 0.15) is 18.7 Å². The molecule has 4 aromatic rings. The normalized spacial score (nSPS) is 11.3. The lowest BCUT2D eigenvalue weighted by Gasteiger charge is -2.07. The van der Waals surface area contributed by atoms with Gasteiger partial charge in [-0.2, -0.15) is 0 Å². The van der Waals surface area contributed by atoms with Gasteiger partial charge in [-0.05, 0) is 18.2 Å². The molecule has 24 heavy (non-hydrogen) atoms. The van der Waals surface area contributed by atoms with E-state index in [1.807, 2.05) is 24.3 Å². The topological polar surface area (TPSA) is 52.3 Å². The lowest BCUT2D eigenvalue weighted by molar-refractivity contribution is 0.296. The summed E-state index contributed by atoms with van der Waals surface area (Å²) in [5.74, 6) is 0.934. The van der Waals surface area contributed by atoms with Gasteiger partial charge in [-0.1, -0.05) is 46.9 Å². The van der Waals surface area contributed by atoms with Crippen LogP contribution >= 0.6 is 34.8 Å². The predicted molar refractivity (Wildman–Crippen MR) is 94.1 cm³/mol. The van der Waals surface area contributed by atoms with E-state index in [-0.39, 0.29) is 6.61 Å². The van der Waals surface area contributed by atoms with E-state index >= 15 is 0 Å². The van der Waals surface area contributed by atoms with Crippen molar-refractivity contribution in [3.05, 3.63) is 63.6 Å². The van der Waals surface area contributed by atoms with E-state index < -0.39 is 0 Å². The van der Waals surface area contributed by atoms with Crippen LogP contribution in [0.1, 0.15) is 5.82 Å². The van der Waals surface area contributed by atoms with Gasteiger partial charge in [-0.3, -0.25) is 0 Å². The number of hydrogen-bond donors (Lipinski definition) is 0. The van der Waals surface area contributed by atoms with Crippen LogP contribution in [0.5, 0.6) is 5.75 Å². The molecule has 2 aromatic heterocycles. The number of rotatable bonds is 3. The molecule has 0 amide bonds. The van der Waals surface area contributed by atoms with E-state index in [2.05, 4.69) is 15.1 Å². The molecule has 0 saturated carbocycles. The second-order valence-electron chi connectivity index (χ2n) is 5.04. The third kappa shape index (κ3) is 2.75. The van der Waals surface area contributed by atoms with Crippen LogP contribution in [0.25, 0.3) is 16.6 Å². The second kappa shape index (κ2) is 6.09. The summed E-state index contributed by atoms with van der Waals surface area (Å²) in [7, 11) is 0. The SMILES string of the molecule is Clc1cc(Cl)c(OCc2nc3c4ccccc4ncn3n2)cc1Cl. The maximum Gasteiger partial charge on any atom is 0.189 e. The molecule has 0 fully saturated rings. The summed E-state index contributed by atoms with van der Waals surface area (Å²) in [5.41, 5.74) is 1.58. The summed E-state index contributed by atoms with van der Waals surface area (Å²) in [6, 6.07) is 10.8. The Morgan fingerprint density at radius 2 is 1.79 bits per heavy atom. The number of aromatic nitrogens is 4. The van der Waals surface area contributed by atoms with E-state index in [1.54, 1.807) is 16.9 Å². The highest BCUT2D eigenvalue weighted by Crippen LogP contribution is 2.34.